The smallest absolute Gasteiger partial charge is 0.322 e. The van der Waals surface area contributed by atoms with Gasteiger partial charge in [-0.1, -0.05) is 29.8 Å². The van der Waals surface area contributed by atoms with Gasteiger partial charge in [-0.3, -0.25) is 10.1 Å². The molecule has 132 valence electrons. The second kappa shape index (κ2) is 6.34. The van der Waals surface area contributed by atoms with Crippen molar-refractivity contribution >= 4 is 39.9 Å². The number of benzene rings is 2. The fourth-order valence-corrected chi connectivity index (χ4v) is 3.49. The molecule has 1 aromatic heterocycles. The van der Waals surface area contributed by atoms with Crippen molar-refractivity contribution in [3.8, 4) is 0 Å². The normalized spacial score (nSPS) is 13.5. The molecule has 0 spiro atoms. The molecule has 0 aliphatic carbocycles. The van der Waals surface area contributed by atoms with E-state index in [0.717, 1.165) is 17.6 Å². The van der Waals surface area contributed by atoms with E-state index in [1.54, 1.807) is 4.90 Å². The summed E-state index contributed by atoms with van der Waals surface area (Å²) in [7, 11) is 0. The van der Waals surface area contributed by atoms with E-state index in [-0.39, 0.29) is 22.4 Å². The molecule has 1 aliphatic heterocycles. The standard InChI is InChI=1S/C18H15ClN4O3/c19-11-5-6-15(17(9-11)23(25)26)21-18(24)22-8-7-13-12-3-1-2-4-14(12)20-16(13)10-22/h1-6,9,20H,7-8,10H2,(H,21,24). The number of para-hydroxylation sites is 1. The summed E-state index contributed by atoms with van der Waals surface area (Å²) in [4.78, 5) is 28.2. The minimum Gasteiger partial charge on any atom is -0.357 e. The third-order valence-corrected chi connectivity index (χ3v) is 4.80. The first-order valence-corrected chi connectivity index (χ1v) is 8.49. The molecule has 2 N–H and O–H groups in total. The van der Waals surface area contributed by atoms with E-state index in [4.69, 9.17) is 11.6 Å². The number of hydrogen-bond donors (Lipinski definition) is 2. The number of hydrogen-bond acceptors (Lipinski definition) is 3. The van der Waals surface area contributed by atoms with E-state index in [1.807, 2.05) is 18.2 Å². The monoisotopic (exact) mass is 370 g/mol. The number of fused-ring (bicyclic) bond motifs is 3. The van der Waals surface area contributed by atoms with Gasteiger partial charge in [0.15, 0.2) is 0 Å². The van der Waals surface area contributed by atoms with E-state index in [2.05, 4.69) is 16.4 Å². The Morgan fingerprint density at radius 3 is 2.88 bits per heavy atom. The summed E-state index contributed by atoms with van der Waals surface area (Å²) >= 11 is 5.81. The molecule has 3 aromatic rings. The van der Waals surface area contributed by atoms with Gasteiger partial charge >= 0.3 is 6.03 Å². The predicted molar refractivity (Wildman–Crippen MR) is 99.5 cm³/mol. The van der Waals surface area contributed by atoms with Gasteiger partial charge < -0.3 is 15.2 Å². The zero-order valence-electron chi connectivity index (χ0n) is 13.7. The first-order chi connectivity index (χ1) is 12.5. The van der Waals surface area contributed by atoms with Gasteiger partial charge in [0.05, 0.1) is 11.5 Å². The summed E-state index contributed by atoms with van der Waals surface area (Å²) in [6.07, 6.45) is 0.732. The molecular formula is C18H15ClN4O3. The van der Waals surface area contributed by atoms with Gasteiger partial charge in [-0.2, -0.15) is 0 Å². The van der Waals surface area contributed by atoms with Gasteiger partial charge in [-0.25, -0.2) is 4.79 Å². The maximum absolute atomic E-state index is 12.6. The molecule has 4 rings (SSSR count). The summed E-state index contributed by atoms with van der Waals surface area (Å²) in [5, 5.41) is 15.2. The maximum Gasteiger partial charge on any atom is 0.322 e. The Labute approximate surface area is 153 Å². The summed E-state index contributed by atoms with van der Waals surface area (Å²) < 4.78 is 0. The number of nitrogens with one attached hydrogen (secondary N) is 2. The van der Waals surface area contributed by atoms with Crippen LogP contribution in [0.3, 0.4) is 0 Å². The quantitative estimate of drug-likeness (QED) is 0.519. The lowest BCUT2D eigenvalue weighted by atomic mass is 10.0. The van der Waals surface area contributed by atoms with Crippen molar-refractivity contribution in [1.82, 2.24) is 9.88 Å². The first-order valence-electron chi connectivity index (χ1n) is 8.11. The summed E-state index contributed by atoms with van der Waals surface area (Å²) in [6.45, 7) is 0.972. The van der Waals surface area contributed by atoms with Crippen molar-refractivity contribution in [3.63, 3.8) is 0 Å². The number of nitro groups is 1. The Kier molecular flexibility index (Phi) is 4.00. The van der Waals surface area contributed by atoms with Crippen LogP contribution in [0.25, 0.3) is 10.9 Å². The molecule has 0 bridgehead atoms. The average molecular weight is 371 g/mol. The highest BCUT2D eigenvalue weighted by Crippen LogP contribution is 2.30. The van der Waals surface area contributed by atoms with Crippen molar-refractivity contribution in [1.29, 1.82) is 0 Å². The number of anilines is 1. The van der Waals surface area contributed by atoms with Crippen LogP contribution in [0, 0.1) is 10.1 Å². The summed E-state index contributed by atoms with van der Waals surface area (Å²) in [6, 6.07) is 11.8. The molecule has 0 atom stereocenters. The molecule has 2 aromatic carbocycles. The Bertz CT molecular complexity index is 1030. The van der Waals surface area contributed by atoms with Crippen LogP contribution in [-0.4, -0.2) is 27.4 Å². The van der Waals surface area contributed by atoms with Crippen LogP contribution in [0.2, 0.25) is 5.02 Å². The van der Waals surface area contributed by atoms with Gasteiger partial charge in [-0.05, 0) is 30.2 Å². The average Bonchev–Trinajstić information content (AvgIpc) is 3.00. The van der Waals surface area contributed by atoms with Crippen LogP contribution in [0.15, 0.2) is 42.5 Å². The van der Waals surface area contributed by atoms with Crippen LogP contribution in [0.4, 0.5) is 16.2 Å². The minimum absolute atomic E-state index is 0.131. The van der Waals surface area contributed by atoms with Gasteiger partial charge in [0, 0.05) is 34.2 Å². The number of urea groups is 1. The Morgan fingerprint density at radius 2 is 2.08 bits per heavy atom. The van der Waals surface area contributed by atoms with E-state index in [9.17, 15) is 14.9 Å². The van der Waals surface area contributed by atoms with Crippen molar-refractivity contribution in [2.24, 2.45) is 0 Å². The second-order valence-electron chi connectivity index (χ2n) is 6.15. The molecule has 2 amide bonds. The molecule has 8 heteroatoms. The van der Waals surface area contributed by atoms with E-state index >= 15 is 0 Å². The fourth-order valence-electron chi connectivity index (χ4n) is 3.32. The number of H-pyrrole nitrogens is 1. The molecule has 0 unspecified atom stereocenters. The highest BCUT2D eigenvalue weighted by atomic mass is 35.5. The number of aromatic amines is 1. The second-order valence-corrected chi connectivity index (χ2v) is 6.58. The predicted octanol–water partition coefficient (Wildman–Crippen LogP) is 4.32. The molecule has 0 fully saturated rings. The SMILES string of the molecule is O=C(Nc1ccc(Cl)cc1[N+](=O)[O-])N1CCc2c([nH]c3ccccc23)C1. The molecular weight excluding hydrogens is 356 g/mol. The molecule has 7 nitrogen and oxygen atoms in total. The van der Waals surface area contributed by atoms with Crippen LogP contribution < -0.4 is 5.32 Å². The number of amides is 2. The third-order valence-electron chi connectivity index (χ3n) is 4.57. The van der Waals surface area contributed by atoms with Crippen molar-refractivity contribution < 1.29 is 9.72 Å². The van der Waals surface area contributed by atoms with Crippen molar-refractivity contribution in [2.45, 2.75) is 13.0 Å². The minimum atomic E-state index is -0.562. The molecule has 0 saturated carbocycles. The summed E-state index contributed by atoms with van der Waals surface area (Å²) in [5.41, 5.74) is 3.18. The first kappa shape index (κ1) is 16.4. The zero-order chi connectivity index (χ0) is 18.3. The van der Waals surface area contributed by atoms with Crippen LogP contribution in [-0.2, 0) is 13.0 Å². The maximum atomic E-state index is 12.6. The lowest BCUT2D eigenvalue weighted by Gasteiger charge is -2.27. The fraction of sp³-hybridized carbons (Fsp3) is 0.167. The zero-order valence-corrected chi connectivity index (χ0v) is 14.4. The highest BCUT2D eigenvalue weighted by Gasteiger charge is 2.25. The lowest BCUT2D eigenvalue weighted by Crippen LogP contribution is -2.38. The van der Waals surface area contributed by atoms with Crippen molar-refractivity contribution in [2.75, 3.05) is 11.9 Å². The Morgan fingerprint density at radius 1 is 1.27 bits per heavy atom. The number of nitro benzene ring substituents is 1. The topological polar surface area (TPSA) is 91.3 Å². The van der Waals surface area contributed by atoms with Gasteiger partial charge in [-0.15, -0.1) is 0 Å². The van der Waals surface area contributed by atoms with E-state index < -0.39 is 4.92 Å². The highest BCUT2D eigenvalue weighted by molar-refractivity contribution is 6.31. The third kappa shape index (κ3) is 2.86. The molecule has 0 saturated heterocycles. The lowest BCUT2D eigenvalue weighted by molar-refractivity contribution is -0.383. The van der Waals surface area contributed by atoms with Crippen molar-refractivity contribution in [3.05, 3.63) is 68.9 Å². The van der Waals surface area contributed by atoms with Crippen LogP contribution >= 0.6 is 11.6 Å². The molecule has 0 radical (unpaired) electrons. The molecule has 1 aliphatic rings. The number of aromatic nitrogens is 1. The number of carbonyl (C=O) groups is 1. The Hall–Kier alpha value is -3.06. The molecule has 26 heavy (non-hydrogen) atoms. The Balaban J connectivity index is 1.56. The number of rotatable bonds is 2. The van der Waals surface area contributed by atoms with E-state index in [0.29, 0.717) is 13.1 Å². The number of carbonyl (C=O) groups excluding carboxylic acids is 1. The number of nitrogens with zero attached hydrogens (tertiary/aromatic N) is 2. The van der Waals surface area contributed by atoms with E-state index in [1.165, 1.54) is 29.1 Å². The molecule has 2 heterocycles. The largest absolute Gasteiger partial charge is 0.357 e. The number of halogens is 1. The van der Waals surface area contributed by atoms with Crippen LogP contribution in [0.5, 0.6) is 0 Å². The van der Waals surface area contributed by atoms with Gasteiger partial charge in [0.2, 0.25) is 0 Å². The summed E-state index contributed by atoms with van der Waals surface area (Å²) in [5.74, 6) is 0. The van der Waals surface area contributed by atoms with Crippen LogP contribution in [0.1, 0.15) is 11.3 Å². The van der Waals surface area contributed by atoms with Gasteiger partial charge in [0.1, 0.15) is 5.69 Å². The van der Waals surface area contributed by atoms with Gasteiger partial charge in [0.25, 0.3) is 5.69 Å².